The van der Waals surface area contributed by atoms with Gasteiger partial charge in [-0.2, -0.15) is 0 Å². The van der Waals surface area contributed by atoms with Crippen molar-refractivity contribution < 1.29 is 18.0 Å². The lowest BCUT2D eigenvalue weighted by Gasteiger charge is -2.10. The first-order valence-electron chi connectivity index (χ1n) is 8.36. The molecule has 0 bridgehead atoms. The molecule has 144 valence electrons. The quantitative estimate of drug-likeness (QED) is 0.588. The number of carbonyl (C=O) groups excluding carboxylic acids is 2. The van der Waals surface area contributed by atoms with Gasteiger partial charge >= 0.3 is 0 Å². The molecule has 0 spiro atoms. The molecule has 1 heterocycles. The zero-order valence-corrected chi connectivity index (χ0v) is 15.8. The van der Waals surface area contributed by atoms with Crippen LogP contribution >= 0.6 is 0 Å². The maximum atomic E-state index is 12.3. The Bertz CT molecular complexity index is 1120. The maximum Gasteiger partial charge on any atom is 0.241 e. The summed E-state index contributed by atoms with van der Waals surface area (Å²) in [4.78, 5) is 27.4. The minimum Gasteiger partial charge on any atom is -0.326 e. The molecular formula is C19H18N4O4S. The fraction of sp³-hybridized carbons (Fsp3) is 0.105. The van der Waals surface area contributed by atoms with E-state index < -0.39 is 22.5 Å². The van der Waals surface area contributed by atoms with Gasteiger partial charge in [-0.05, 0) is 36.4 Å². The number of pyridine rings is 1. The molecule has 0 aliphatic heterocycles. The highest BCUT2D eigenvalue weighted by Gasteiger charge is 2.16. The van der Waals surface area contributed by atoms with Gasteiger partial charge in [-0.15, -0.1) is 0 Å². The third kappa shape index (κ3) is 4.70. The molecule has 9 heteroatoms. The van der Waals surface area contributed by atoms with Crippen LogP contribution in [0.25, 0.3) is 10.9 Å². The average Bonchev–Trinajstić information content (AvgIpc) is 2.67. The van der Waals surface area contributed by atoms with Crippen molar-refractivity contribution >= 4 is 44.1 Å². The molecule has 2 aromatic carbocycles. The summed E-state index contributed by atoms with van der Waals surface area (Å²) in [5, 5.41) is 6.08. The number of anilines is 2. The van der Waals surface area contributed by atoms with Crippen molar-refractivity contribution in [3.8, 4) is 0 Å². The lowest BCUT2D eigenvalue weighted by atomic mass is 10.2. The zero-order valence-electron chi connectivity index (χ0n) is 15.0. The molecule has 0 unspecified atom stereocenters. The van der Waals surface area contributed by atoms with Crippen LogP contribution in [-0.4, -0.2) is 31.8 Å². The van der Waals surface area contributed by atoms with Gasteiger partial charge in [0.25, 0.3) is 0 Å². The minimum absolute atomic E-state index is 0.0128. The third-order valence-electron chi connectivity index (χ3n) is 3.81. The average molecular weight is 398 g/mol. The van der Waals surface area contributed by atoms with Gasteiger partial charge in [0.15, 0.2) is 0 Å². The molecule has 0 saturated carbocycles. The van der Waals surface area contributed by atoms with Crippen LogP contribution in [-0.2, 0) is 19.6 Å². The Balaban J connectivity index is 1.65. The SMILES string of the molecule is CC(=O)Nc1ccc(S(=O)(=O)NCC(=O)Nc2cccc3cccnc23)cc1. The second kappa shape index (κ2) is 8.15. The van der Waals surface area contributed by atoms with E-state index in [2.05, 4.69) is 20.3 Å². The van der Waals surface area contributed by atoms with Crippen molar-refractivity contribution in [2.24, 2.45) is 0 Å². The van der Waals surface area contributed by atoms with Gasteiger partial charge in [0.1, 0.15) is 0 Å². The summed E-state index contributed by atoms with van der Waals surface area (Å²) in [5.74, 6) is -0.773. The molecule has 3 rings (SSSR count). The Labute approximate surface area is 162 Å². The second-order valence-corrected chi connectivity index (χ2v) is 7.73. The number of hydrogen-bond acceptors (Lipinski definition) is 5. The van der Waals surface area contributed by atoms with Crippen LogP contribution in [0, 0.1) is 0 Å². The highest BCUT2D eigenvalue weighted by Crippen LogP contribution is 2.20. The first-order chi connectivity index (χ1) is 13.3. The largest absolute Gasteiger partial charge is 0.326 e. The number of amides is 2. The summed E-state index contributed by atoms with van der Waals surface area (Å²) < 4.78 is 26.9. The van der Waals surface area contributed by atoms with E-state index in [1.54, 1.807) is 24.4 Å². The van der Waals surface area contributed by atoms with E-state index in [1.165, 1.54) is 31.2 Å². The standard InChI is InChI=1S/C19H18N4O4S/c1-13(24)22-15-7-9-16(10-8-15)28(26,27)21-12-18(25)23-17-6-2-4-14-5-3-11-20-19(14)17/h2-11,21H,12H2,1H3,(H,22,24)(H,23,25). The van der Waals surface area contributed by atoms with E-state index in [0.717, 1.165) is 5.39 Å². The van der Waals surface area contributed by atoms with Crippen molar-refractivity contribution in [1.29, 1.82) is 0 Å². The van der Waals surface area contributed by atoms with Gasteiger partial charge in [0.2, 0.25) is 21.8 Å². The van der Waals surface area contributed by atoms with Crippen molar-refractivity contribution in [2.75, 3.05) is 17.2 Å². The number of nitrogens with zero attached hydrogens (tertiary/aromatic N) is 1. The van der Waals surface area contributed by atoms with Crippen LogP contribution in [0.4, 0.5) is 11.4 Å². The summed E-state index contributed by atoms with van der Waals surface area (Å²) in [6, 6.07) is 14.6. The molecule has 1 aromatic heterocycles. The molecule has 0 fully saturated rings. The summed E-state index contributed by atoms with van der Waals surface area (Å²) in [6.07, 6.45) is 1.62. The molecule has 3 N–H and O–H groups in total. The smallest absolute Gasteiger partial charge is 0.241 e. The number of benzene rings is 2. The predicted molar refractivity (Wildman–Crippen MR) is 106 cm³/mol. The molecule has 0 radical (unpaired) electrons. The number of sulfonamides is 1. The fourth-order valence-corrected chi connectivity index (χ4v) is 3.55. The molecule has 8 nitrogen and oxygen atoms in total. The number of hydrogen-bond donors (Lipinski definition) is 3. The molecule has 0 saturated heterocycles. The normalized spacial score (nSPS) is 11.2. The summed E-state index contributed by atoms with van der Waals surface area (Å²) in [6.45, 7) is 0.926. The van der Waals surface area contributed by atoms with Crippen molar-refractivity contribution in [1.82, 2.24) is 9.71 Å². The number of nitrogens with one attached hydrogen (secondary N) is 3. The van der Waals surface area contributed by atoms with Gasteiger partial charge in [0, 0.05) is 24.2 Å². The number of rotatable bonds is 6. The number of aromatic nitrogens is 1. The van der Waals surface area contributed by atoms with Gasteiger partial charge in [-0.1, -0.05) is 18.2 Å². The number of para-hydroxylation sites is 1. The van der Waals surface area contributed by atoms with Crippen LogP contribution in [0.5, 0.6) is 0 Å². The monoisotopic (exact) mass is 398 g/mol. The van der Waals surface area contributed by atoms with E-state index in [4.69, 9.17) is 0 Å². The minimum atomic E-state index is -3.87. The van der Waals surface area contributed by atoms with Gasteiger partial charge in [-0.3, -0.25) is 14.6 Å². The van der Waals surface area contributed by atoms with Crippen molar-refractivity contribution in [3.63, 3.8) is 0 Å². The van der Waals surface area contributed by atoms with Gasteiger partial charge in [-0.25, -0.2) is 13.1 Å². The molecule has 3 aromatic rings. The second-order valence-electron chi connectivity index (χ2n) is 5.96. The van der Waals surface area contributed by atoms with Crippen LogP contribution in [0.15, 0.2) is 65.7 Å². The predicted octanol–water partition coefficient (Wildman–Crippen LogP) is 2.11. The van der Waals surface area contributed by atoms with Crippen LogP contribution < -0.4 is 15.4 Å². The van der Waals surface area contributed by atoms with E-state index in [0.29, 0.717) is 16.9 Å². The Kier molecular flexibility index (Phi) is 5.67. The first-order valence-corrected chi connectivity index (χ1v) is 9.84. The Morgan fingerprint density at radius 3 is 2.39 bits per heavy atom. The Morgan fingerprint density at radius 2 is 1.68 bits per heavy atom. The lowest BCUT2D eigenvalue weighted by Crippen LogP contribution is -2.33. The molecule has 28 heavy (non-hydrogen) atoms. The lowest BCUT2D eigenvalue weighted by molar-refractivity contribution is -0.115. The third-order valence-corrected chi connectivity index (χ3v) is 5.23. The van der Waals surface area contributed by atoms with Gasteiger partial charge in [0.05, 0.1) is 22.6 Å². The first kappa shape index (κ1) is 19.5. The molecule has 0 aliphatic carbocycles. The summed E-state index contributed by atoms with van der Waals surface area (Å²) in [5.41, 5.74) is 1.60. The summed E-state index contributed by atoms with van der Waals surface area (Å²) in [7, 11) is -3.87. The van der Waals surface area contributed by atoms with E-state index in [-0.39, 0.29) is 10.8 Å². The Hall–Kier alpha value is -3.30. The number of fused-ring (bicyclic) bond motifs is 1. The van der Waals surface area contributed by atoms with Crippen LogP contribution in [0.3, 0.4) is 0 Å². The maximum absolute atomic E-state index is 12.3. The van der Waals surface area contributed by atoms with Crippen LogP contribution in [0.1, 0.15) is 6.92 Å². The van der Waals surface area contributed by atoms with Crippen molar-refractivity contribution in [3.05, 3.63) is 60.8 Å². The fourth-order valence-electron chi connectivity index (χ4n) is 2.56. The summed E-state index contributed by atoms with van der Waals surface area (Å²) >= 11 is 0. The van der Waals surface area contributed by atoms with E-state index >= 15 is 0 Å². The van der Waals surface area contributed by atoms with Crippen molar-refractivity contribution in [2.45, 2.75) is 11.8 Å². The van der Waals surface area contributed by atoms with Crippen LogP contribution in [0.2, 0.25) is 0 Å². The number of carbonyl (C=O) groups is 2. The molecular weight excluding hydrogens is 380 g/mol. The molecule has 0 atom stereocenters. The molecule has 0 aliphatic rings. The Morgan fingerprint density at radius 1 is 0.964 bits per heavy atom. The van der Waals surface area contributed by atoms with E-state index in [9.17, 15) is 18.0 Å². The van der Waals surface area contributed by atoms with Gasteiger partial charge < -0.3 is 10.6 Å². The highest BCUT2D eigenvalue weighted by atomic mass is 32.2. The zero-order chi connectivity index (χ0) is 20.1. The highest BCUT2D eigenvalue weighted by molar-refractivity contribution is 7.89. The van der Waals surface area contributed by atoms with E-state index in [1.807, 2.05) is 12.1 Å². The molecule has 2 amide bonds. The topological polar surface area (TPSA) is 117 Å².